The molecule has 0 fully saturated rings. The predicted octanol–water partition coefficient (Wildman–Crippen LogP) is 2.34. The Morgan fingerprint density at radius 1 is 1.50 bits per heavy atom. The van der Waals surface area contributed by atoms with Crippen LogP contribution in [0.5, 0.6) is 0 Å². The Balaban J connectivity index is 2.64. The average molecular weight is 279 g/mol. The standard InChI is InChI=1S/C12H11BrN2O/c1-15-8-14-11-5-4-9(3-2-6-13)7-10(11)12(15)16/h2-5,7-8H,6H2,1H3. The van der Waals surface area contributed by atoms with Crippen LogP contribution in [0.4, 0.5) is 0 Å². The van der Waals surface area contributed by atoms with E-state index in [9.17, 15) is 4.79 Å². The summed E-state index contributed by atoms with van der Waals surface area (Å²) in [6, 6.07) is 5.68. The predicted molar refractivity (Wildman–Crippen MR) is 69.8 cm³/mol. The number of rotatable bonds is 2. The van der Waals surface area contributed by atoms with Crippen molar-refractivity contribution in [2.75, 3.05) is 5.33 Å². The van der Waals surface area contributed by atoms with E-state index in [0.29, 0.717) is 5.39 Å². The Kier molecular flexibility index (Phi) is 3.19. The van der Waals surface area contributed by atoms with E-state index in [4.69, 9.17) is 0 Å². The van der Waals surface area contributed by atoms with Gasteiger partial charge in [0.25, 0.3) is 5.56 Å². The first-order valence-electron chi connectivity index (χ1n) is 4.90. The van der Waals surface area contributed by atoms with Gasteiger partial charge in [0, 0.05) is 12.4 Å². The van der Waals surface area contributed by atoms with E-state index in [1.54, 1.807) is 13.4 Å². The van der Waals surface area contributed by atoms with Crippen molar-refractivity contribution in [2.45, 2.75) is 0 Å². The molecule has 1 aromatic heterocycles. The van der Waals surface area contributed by atoms with Gasteiger partial charge in [-0.05, 0) is 17.7 Å². The van der Waals surface area contributed by atoms with E-state index < -0.39 is 0 Å². The molecule has 0 atom stereocenters. The van der Waals surface area contributed by atoms with Crippen LogP contribution in [0.3, 0.4) is 0 Å². The van der Waals surface area contributed by atoms with Crippen molar-refractivity contribution in [3.63, 3.8) is 0 Å². The first-order chi connectivity index (χ1) is 7.72. The van der Waals surface area contributed by atoms with Crippen molar-refractivity contribution in [3.8, 4) is 0 Å². The molecular weight excluding hydrogens is 268 g/mol. The number of fused-ring (bicyclic) bond motifs is 1. The molecule has 1 aromatic carbocycles. The second kappa shape index (κ2) is 4.61. The quantitative estimate of drug-likeness (QED) is 0.791. The van der Waals surface area contributed by atoms with Gasteiger partial charge in [0.05, 0.1) is 17.2 Å². The molecule has 0 amide bonds. The van der Waals surface area contributed by atoms with Crippen LogP contribution in [0.2, 0.25) is 0 Å². The van der Waals surface area contributed by atoms with Crippen LogP contribution < -0.4 is 5.56 Å². The van der Waals surface area contributed by atoms with Crippen LogP contribution in [0.25, 0.3) is 17.0 Å². The first-order valence-corrected chi connectivity index (χ1v) is 6.02. The van der Waals surface area contributed by atoms with Crippen molar-refractivity contribution in [1.29, 1.82) is 0 Å². The van der Waals surface area contributed by atoms with E-state index in [1.165, 1.54) is 4.57 Å². The molecule has 16 heavy (non-hydrogen) atoms. The molecule has 82 valence electrons. The molecule has 0 saturated carbocycles. The van der Waals surface area contributed by atoms with Crippen LogP contribution in [0.15, 0.2) is 35.4 Å². The van der Waals surface area contributed by atoms with Gasteiger partial charge >= 0.3 is 0 Å². The molecule has 0 unspecified atom stereocenters. The summed E-state index contributed by atoms with van der Waals surface area (Å²) in [6.07, 6.45) is 5.50. The Morgan fingerprint density at radius 2 is 2.31 bits per heavy atom. The molecular formula is C12H11BrN2O. The van der Waals surface area contributed by atoms with Crippen LogP contribution in [-0.4, -0.2) is 14.9 Å². The Morgan fingerprint density at radius 3 is 3.06 bits per heavy atom. The molecule has 1 heterocycles. The van der Waals surface area contributed by atoms with Gasteiger partial charge < -0.3 is 4.57 Å². The monoisotopic (exact) mass is 278 g/mol. The summed E-state index contributed by atoms with van der Waals surface area (Å²) < 4.78 is 1.49. The molecule has 0 bridgehead atoms. The molecule has 0 saturated heterocycles. The van der Waals surface area contributed by atoms with E-state index in [0.717, 1.165) is 16.4 Å². The minimum atomic E-state index is -0.0147. The molecule has 0 aliphatic rings. The number of halogens is 1. The molecule has 0 spiro atoms. The van der Waals surface area contributed by atoms with Gasteiger partial charge in [-0.15, -0.1) is 0 Å². The lowest BCUT2D eigenvalue weighted by Gasteiger charge is -2.01. The zero-order valence-electron chi connectivity index (χ0n) is 8.85. The number of benzene rings is 1. The summed E-state index contributed by atoms with van der Waals surface area (Å²) in [5.74, 6) is 0. The molecule has 2 rings (SSSR count). The third-order valence-electron chi connectivity index (χ3n) is 2.34. The zero-order chi connectivity index (χ0) is 11.5. The van der Waals surface area contributed by atoms with Crippen molar-refractivity contribution in [1.82, 2.24) is 9.55 Å². The molecule has 3 nitrogen and oxygen atoms in total. The second-order valence-electron chi connectivity index (χ2n) is 3.49. The van der Waals surface area contributed by atoms with Crippen LogP contribution >= 0.6 is 15.9 Å². The number of aromatic nitrogens is 2. The maximum Gasteiger partial charge on any atom is 0.260 e. The van der Waals surface area contributed by atoms with Gasteiger partial charge in [-0.25, -0.2) is 4.98 Å². The largest absolute Gasteiger partial charge is 0.302 e. The van der Waals surface area contributed by atoms with Crippen molar-refractivity contribution in [2.24, 2.45) is 7.05 Å². The fourth-order valence-electron chi connectivity index (χ4n) is 1.51. The van der Waals surface area contributed by atoms with Crippen molar-refractivity contribution in [3.05, 3.63) is 46.5 Å². The molecule has 0 aliphatic heterocycles. The van der Waals surface area contributed by atoms with Crippen molar-refractivity contribution < 1.29 is 0 Å². The normalized spacial score (nSPS) is 11.4. The molecule has 4 heteroatoms. The Hall–Kier alpha value is -1.42. The van der Waals surface area contributed by atoms with Crippen LogP contribution in [-0.2, 0) is 7.05 Å². The average Bonchev–Trinajstić information content (AvgIpc) is 2.31. The van der Waals surface area contributed by atoms with Gasteiger partial charge in [0.15, 0.2) is 0 Å². The number of nitrogens with zero attached hydrogens (tertiary/aromatic N) is 2. The smallest absolute Gasteiger partial charge is 0.260 e. The van der Waals surface area contributed by atoms with E-state index in [2.05, 4.69) is 20.9 Å². The molecule has 0 radical (unpaired) electrons. The highest BCUT2D eigenvalue weighted by Crippen LogP contribution is 2.11. The topological polar surface area (TPSA) is 34.9 Å². The highest BCUT2D eigenvalue weighted by atomic mass is 79.9. The molecule has 2 aromatic rings. The molecule has 0 N–H and O–H groups in total. The van der Waals surface area contributed by atoms with E-state index >= 15 is 0 Å². The third kappa shape index (κ3) is 2.07. The highest BCUT2D eigenvalue weighted by Gasteiger charge is 2.01. The second-order valence-corrected chi connectivity index (χ2v) is 4.14. The highest BCUT2D eigenvalue weighted by molar-refractivity contribution is 9.09. The lowest BCUT2D eigenvalue weighted by atomic mass is 10.1. The fourth-order valence-corrected chi connectivity index (χ4v) is 1.70. The SMILES string of the molecule is Cn1cnc2ccc(C=CCBr)cc2c1=O. The number of allylic oxidation sites excluding steroid dienone is 1. The fraction of sp³-hybridized carbons (Fsp3) is 0.167. The summed E-state index contributed by atoms with van der Waals surface area (Å²) in [7, 11) is 1.70. The minimum absolute atomic E-state index is 0.0147. The maximum absolute atomic E-state index is 11.8. The lowest BCUT2D eigenvalue weighted by molar-refractivity contribution is 0.843. The lowest BCUT2D eigenvalue weighted by Crippen LogP contribution is -2.16. The summed E-state index contributed by atoms with van der Waals surface area (Å²) in [5, 5.41) is 1.46. The summed E-state index contributed by atoms with van der Waals surface area (Å²) in [4.78, 5) is 16.0. The number of alkyl halides is 1. The maximum atomic E-state index is 11.8. The van der Waals surface area contributed by atoms with Crippen LogP contribution in [0, 0.1) is 0 Å². The third-order valence-corrected chi connectivity index (χ3v) is 2.71. The van der Waals surface area contributed by atoms with Crippen LogP contribution in [0.1, 0.15) is 5.56 Å². The Bertz CT molecular complexity index is 601. The van der Waals surface area contributed by atoms with Gasteiger partial charge in [-0.2, -0.15) is 0 Å². The number of aryl methyl sites for hydroxylation is 1. The minimum Gasteiger partial charge on any atom is -0.302 e. The zero-order valence-corrected chi connectivity index (χ0v) is 10.4. The number of hydrogen-bond donors (Lipinski definition) is 0. The van der Waals surface area contributed by atoms with Gasteiger partial charge in [-0.3, -0.25) is 4.79 Å². The van der Waals surface area contributed by atoms with Gasteiger partial charge in [0.2, 0.25) is 0 Å². The molecule has 0 aliphatic carbocycles. The van der Waals surface area contributed by atoms with E-state index in [-0.39, 0.29) is 5.56 Å². The summed E-state index contributed by atoms with van der Waals surface area (Å²) in [5.41, 5.74) is 1.73. The summed E-state index contributed by atoms with van der Waals surface area (Å²) >= 11 is 3.32. The van der Waals surface area contributed by atoms with Gasteiger partial charge in [-0.1, -0.05) is 34.1 Å². The van der Waals surface area contributed by atoms with Gasteiger partial charge in [0.1, 0.15) is 0 Å². The first kappa shape index (κ1) is 11.1. The summed E-state index contributed by atoms with van der Waals surface area (Å²) in [6.45, 7) is 0. The Labute approximate surface area is 102 Å². The van der Waals surface area contributed by atoms with E-state index in [1.807, 2.05) is 30.4 Å². The van der Waals surface area contributed by atoms with Crippen molar-refractivity contribution >= 4 is 32.9 Å². The number of hydrogen-bond acceptors (Lipinski definition) is 2.